The molecule has 110 valence electrons. The number of hydrogen-bond acceptors (Lipinski definition) is 4. The van der Waals surface area contributed by atoms with Gasteiger partial charge in [0.15, 0.2) is 0 Å². The van der Waals surface area contributed by atoms with Crippen LogP contribution in [-0.2, 0) is 0 Å². The maximum absolute atomic E-state index is 12.5. The van der Waals surface area contributed by atoms with E-state index in [0.717, 1.165) is 16.8 Å². The molecule has 1 atom stereocenters. The highest BCUT2D eigenvalue weighted by atomic mass is 16.4. The van der Waals surface area contributed by atoms with Crippen molar-refractivity contribution in [3.05, 3.63) is 65.2 Å². The number of carbonyl (C=O) groups excluding carboxylic acids is 1. The zero-order chi connectivity index (χ0) is 15.1. The van der Waals surface area contributed by atoms with E-state index in [4.69, 9.17) is 0 Å². The third kappa shape index (κ3) is 1.79. The van der Waals surface area contributed by atoms with Gasteiger partial charge in [0.05, 0.1) is 17.0 Å². The number of rotatable bonds is 1. The highest BCUT2D eigenvalue weighted by Crippen LogP contribution is 2.39. The smallest absolute Gasteiger partial charge is 0.255 e. The number of hydrogen-bond donors (Lipinski definition) is 2. The minimum Gasteiger partial charge on any atom is -0.411 e. The van der Waals surface area contributed by atoms with Crippen LogP contribution in [0.4, 0.5) is 5.69 Å². The topological polar surface area (TPSA) is 64.9 Å². The van der Waals surface area contributed by atoms with E-state index in [9.17, 15) is 10.0 Å². The summed E-state index contributed by atoms with van der Waals surface area (Å²) in [5, 5.41) is 15.7. The maximum atomic E-state index is 12.5. The molecule has 1 unspecified atom stereocenters. The molecular formula is C17H15N3O2. The summed E-state index contributed by atoms with van der Waals surface area (Å²) in [7, 11) is 0. The van der Waals surface area contributed by atoms with Crippen LogP contribution in [0.25, 0.3) is 0 Å². The molecule has 2 aromatic rings. The molecule has 0 bridgehead atoms. The van der Waals surface area contributed by atoms with Gasteiger partial charge in [-0.1, -0.05) is 47.6 Å². The fourth-order valence-electron chi connectivity index (χ4n) is 3.28. The van der Waals surface area contributed by atoms with Crippen LogP contribution in [-0.4, -0.2) is 23.4 Å². The summed E-state index contributed by atoms with van der Waals surface area (Å²) in [6, 6.07) is 15.4. The zero-order valence-electron chi connectivity index (χ0n) is 11.9. The predicted octanol–water partition coefficient (Wildman–Crippen LogP) is 2.52. The summed E-state index contributed by atoms with van der Waals surface area (Å²) in [6.45, 7) is 0.698. The van der Waals surface area contributed by atoms with E-state index in [1.54, 1.807) is 0 Å². The fraction of sp³-hybridized carbons (Fsp3) is 0.176. The first-order valence-electron chi connectivity index (χ1n) is 7.26. The third-order valence-electron chi connectivity index (χ3n) is 4.28. The van der Waals surface area contributed by atoms with E-state index < -0.39 is 0 Å². The summed E-state index contributed by atoms with van der Waals surface area (Å²) in [5.74, 6) is -0.0962. The molecule has 0 radical (unpaired) electrons. The molecule has 5 heteroatoms. The molecule has 0 spiro atoms. The second kappa shape index (κ2) is 4.87. The van der Waals surface area contributed by atoms with Gasteiger partial charge in [0.2, 0.25) is 0 Å². The van der Waals surface area contributed by atoms with Gasteiger partial charge in [-0.05, 0) is 11.6 Å². The Labute approximate surface area is 127 Å². The average Bonchev–Trinajstić information content (AvgIpc) is 2.58. The second-order valence-electron chi connectivity index (χ2n) is 5.48. The molecule has 0 fully saturated rings. The number of para-hydroxylation sites is 1. The molecule has 5 nitrogen and oxygen atoms in total. The normalized spacial score (nSPS) is 21.5. The fourth-order valence-corrected chi connectivity index (χ4v) is 3.28. The van der Waals surface area contributed by atoms with Crippen LogP contribution in [0.15, 0.2) is 53.7 Å². The number of amides is 1. The van der Waals surface area contributed by atoms with Gasteiger partial charge >= 0.3 is 0 Å². The molecule has 0 aromatic heterocycles. The van der Waals surface area contributed by atoms with Gasteiger partial charge < -0.3 is 15.4 Å². The molecular weight excluding hydrogens is 278 g/mol. The number of oxime groups is 1. The number of carbonyl (C=O) groups is 1. The van der Waals surface area contributed by atoms with Crippen LogP contribution in [0.2, 0.25) is 0 Å². The van der Waals surface area contributed by atoms with Gasteiger partial charge in [0, 0.05) is 18.5 Å². The molecule has 2 N–H and O–H groups in total. The minimum absolute atomic E-state index is 0.0962. The Hall–Kier alpha value is -2.82. The largest absolute Gasteiger partial charge is 0.411 e. The van der Waals surface area contributed by atoms with Crippen molar-refractivity contribution in [1.82, 2.24) is 5.32 Å². The standard InChI is InChI=1S/C17H15N3O2/c21-17-13-8-4-7-12-14(19-22)9-10-20(15(12)13)16(18-17)11-5-2-1-3-6-11/h1-8,16,22H,9-10H2,(H,18,21)/b19-14+. The zero-order valence-corrected chi connectivity index (χ0v) is 11.9. The van der Waals surface area contributed by atoms with Gasteiger partial charge in [0.1, 0.15) is 6.17 Å². The summed E-state index contributed by atoms with van der Waals surface area (Å²) in [5.41, 5.74) is 4.00. The predicted molar refractivity (Wildman–Crippen MR) is 83.4 cm³/mol. The second-order valence-corrected chi connectivity index (χ2v) is 5.48. The highest BCUT2D eigenvalue weighted by Gasteiger charge is 2.36. The van der Waals surface area contributed by atoms with Crippen LogP contribution >= 0.6 is 0 Å². The van der Waals surface area contributed by atoms with Crippen molar-refractivity contribution in [2.45, 2.75) is 12.6 Å². The molecule has 1 amide bonds. The van der Waals surface area contributed by atoms with E-state index in [0.29, 0.717) is 24.2 Å². The van der Waals surface area contributed by atoms with Gasteiger partial charge in [-0.2, -0.15) is 0 Å². The SMILES string of the molecule is O=C1NC(c2ccccc2)N2CC/C(=N\O)c3cccc1c32. The number of nitrogens with zero attached hydrogens (tertiary/aromatic N) is 2. The molecule has 0 aliphatic carbocycles. The monoisotopic (exact) mass is 293 g/mol. The van der Waals surface area contributed by atoms with E-state index in [1.807, 2.05) is 48.5 Å². The van der Waals surface area contributed by atoms with E-state index in [-0.39, 0.29) is 12.1 Å². The van der Waals surface area contributed by atoms with Crippen molar-refractivity contribution >= 4 is 17.3 Å². The highest BCUT2D eigenvalue weighted by molar-refractivity contribution is 6.13. The molecule has 2 aromatic carbocycles. The third-order valence-corrected chi connectivity index (χ3v) is 4.28. The van der Waals surface area contributed by atoms with Gasteiger partial charge in [-0.15, -0.1) is 0 Å². The molecule has 0 saturated heterocycles. The van der Waals surface area contributed by atoms with Gasteiger partial charge in [-0.25, -0.2) is 0 Å². The molecule has 2 aliphatic rings. The first kappa shape index (κ1) is 12.9. The quantitative estimate of drug-likeness (QED) is 0.627. The van der Waals surface area contributed by atoms with Crippen molar-refractivity contribution in [3.8, 4) is 0 Å². The van der Waals surface area contributed by atoms with Crippen LogP contribution in [0.5, 0.6) is 0 Å². The van der Waals surface area contributed by atoms with Crippen molar-refractivity contribution < 1.29 is 10.0 Å². The Morgan fingerprint density at radius 2 is 1.86 bits per heavy atom. The Kier molecular flexibility index (Phi) is 2.85. The lowest BCUT2D eigenvalue weighted by Crippen LogP contribution is -2.49. The minimum atomic E-state index is -0.192. The molecule has 4 rings (SSSR count). The lowest BCUT2D eigenvalue weighted by atomic mass is 9.92. The van der Waals surface area contributed by atoms with E-state index in [2.05, 4.69) is 15.4 Å². The first-order chi connectivity index (χ1) is 10.8. The Morgan fingerprint density at radius 3 is 2.64 bits per heavy atom. The summed E-state index contributed by atoms with van der Waals surface area (Å²) in [4.78, 5) is 14.6. The van der Waals surface area contributed by atoms with Crippen LogP contribution < -0.4 is 10.2 Å². The molecule has 2 heterocycles. The summed E-state index contributed by atoms with van der Waals surface area (Å²) in [6.07, 6.45) is 0.453. The van der Waals surface area contributed by atoms with E-state index >= 15 is 0 Å². The Balaban J connectivity index is 1.90. The molecule has 22 heavy (non-hydrogen) atoms. The van der Waals surface area contributed by atoms with E-state index in [1.165, 1.54) is 0 Å². The average molecular weight is 293 g/mol. The number of anilines is 1. The van der Waals surface area contributed by atoms with Crippen LogP contribution in [0.1, 0.15) is 34.1 Å². The Bertz CT molecular complexity index is 771. The van der Waals surface area contributed by atoms with Crippen LogP contribution in [0.3, 0.4) is 0 Å². The van der Waals surface area contributed by atoms with Crippen LogP contribution in [0, 0.1) is 0 Å². The van der Waals surface area contributed by atoms with Crippen molar-refractivity contribution in [1.29, 1.82) is 0 Å². The maximum Gasteiger partial charge on any atom is 0.255 e. The Morgan fingerprint density at radius 1 is 1.09 bits per heavy atom. The lowest BCUT2D eigenvalue weighted by molar-refractivity contribution is 0.0926. The van der Waals surface area contributed by atoms with Gasteiger partial charge in [0.25, 0.3) is 5.91 Å². The number of benzene rings is 2. The molecule has 2 aliphatic heterocycles. The molecule has 0 saturated carbocycles. The summed E-state index contributed by atoms with van der Waals surface area (Å²) < 4.78 is 0. The van der Waals surface area contributed by atoms with Crippen molar-refractivity contribution in [3.63, 3.8) is 0 Å². The first-order valence-corrected chi connectivity index (χ1v) is 7.26. The van der Waals surface area contributed by atoms with Crippen molar-refractivity contribution in [2.75, 3.05) is 11.4 Å². The van der Waals surface area contributed by atoms with Gasteiger partial charge in [-0.3, -0.25) is 4.79 Å². The number of nitrogens with one attached hydrogen (secondary N) is 1. The summed E-state index contributed by atoms with van der Waals surface area (Å²) >= 11 is 0. The lowest BCUT2D eigenvalue weighted by Gasteiger charge is -2.42. The van der Waals surface area contributed by atoms with Crippen molar-refractivity contribution in [2.24, 2.45) is 5.16 Å².